The smallest absolute Gasteiger partial charge is 0.120 e. The van der Waals surface area contributed by atoms with Crippen molar-refractivity contribution >= 4 is 18.2 Å². The van der Waals surface area contributed by atoms with Gasteiger partial charge in [0.15, 0.2) is 0 Å². The summed E-state index contributed by atoms with van der Waals surface area (Å²) in [5, 5.41) is 4.07. The van der Waals surface area contributed by atoms with Gasteiger partial charge in [-0.2, -0.15) is 0 Å². The van der Waals surface area contributed by atoms with Gasteiger partial charge in [-0.3, -0.25) is 0 Å². The van der Waals surface area contributed by atoms with Crippen molar-refractivity contribution in [1.29, 1.82) is 0 Å². The third-order valence-corrected chi connectivity index (χ3v) is 3.75. The highest BCUT2D eigenvalue weighted by Gasteiger charge is 2.21. The molecule has 1 aliphatic rings. The fourth-order valence-corrected chi connectivity index (χ4v) is 1.87. The molecule has 0 saturated heterocycles. The first-order valence-corrected chi connectivity index (χ1v) is 7.61. The quantitative estimate of drug-likeness (QED) is 0.436. The summed E-state index contributed by atoms with van der Waals surface area (Å²) in [6.45, 7) is 7.95. The number of nitrogens with zero attached hydrogens (tertiary/aromatic N) is 3. The Balaban J connectivity index is 2.02. The van der Waals surface area contributed by atoms with E-state index in [1.165, 1.54) is 12.8 Å². The van der Waals surface area contributed by atoms with Crippen molar-refractivity contribution in [3.05, 3.63) is 28.8 Å². The lowest BCUT2D eigenvalue weighted by molar-refractivity contribution is 0.135. The van der Waals surface area contributed by atoms with Gasteiger partial charge in [0, 0.05) is 13.6 Å². The van der Waals surface area contributed by atoms with E-state index in [2.05, 4.69) is 48.0 Å². The lowest BCUT2D eigenvalue weighted by atomic mass is 10.0. The maximum Gasteiger partial charge on any atom is 0.120 e. The summed E-state index contributed by atoms with van der Waals surface area (Å²) in [4.78, 5) is 11.9. The van der Waals surface area contributed by atoms with E-state index in [0.29, 0.717) is 0 Å². The Morgan fingerprint density at radius 1 is 1.29 bits per heavy atom. The Labute approximate surface area is 127 Å². The van der Waals surface area contributed by atoms with E-state index < -0.39 is 0 Å². The molecule has 114 valence electrons. The molecule has 0 amide bonds. The summed E-state index contributed by atoms with van der Waals surface area (Å²) in [5.74, 6) is 0.734. The zero-order chi connectivity index (χ0) is 15.2. The van der Waals surface area contributed by atoms with Gasteiger partial charge < -0.3 is 9.74 Å². The molecule has 1 saturated carbocycles. The van der Waals surface area contributed by atoms with Gasteiger partial charge in [0.2, 0.25) is 0 Å². The molecule has 0 radical (unpaired) electrons. The Kier molecular flexibility index (Phi) is 5.37. The zero-order valence-electron chi connectivity index (χ0n) is 13.5. The molecule has 1 aliphatic carbocycles. The summed E-state index contributed by atoms with van der Waals surface area (Å²) in [5.41, 5.74) is 4.39. The summed E-state index contributed by atoms with van der Waals surface area (Å²) in [6, 6.07) is 4.20. The molecule has 4 nitrogen and oxygen atoms in total. The zero-order valence-corrected chi connectivity index (χ0v) is 13.5. The number of aryl methyl sites for hydroxylation is 2. The minimum atomic E-state index is 0.734. The van der Waals surface area contributed by atoms with Crippen LogP contribution in [0.25, 0.3) is 0 Å². The summed E-state index contributed by atoms with van der Waals surface area (Å²) in [7, 11) is 2.02. The second-order valence-electron chi connectivity index (χ2n) is 5.79. The highest BCUT2D eigenvalue weighted by Crippen LogP contribution is 2.28. The molecule has 0 atom stereocenters. The number of aliphatic imine (C=N–C) groups is 1. The van der Waals surface area contributed by atoms with Gasteiger partial charge in [0.25, 0.3) is 0 Å². The minimum Gasteiger partial charge on any atom is -0.396 e. The maximum atomic E-state index is 5.31. The molecule has 0 N–H and O–H groups in total. The molecule has 0 spiro atoms. The van der Waals surface area contributed by atoms with Gasteiger partial charge in [-0.05, 0) is 68.4 Å². The molecule has 0 aliphatic heterocycles. The van der Waals surface area contributed by atoms with Crippen molar-refractivity contribution < 1.29 is 4.84 Å². The van der Waals surface area contributed by atoms with E-state index in [1.54, 1.807) is 6.21 Å². The van der Waals surface area contributed by atoms with Gasteiger partial charge in [0.05, 0.1) is 18.2 Å². The van der Waals surface area contributed by atoms with Crippen molar-refractivity contribution in [1.82, 2.24) is 4.90 Å². The van der Waals surface area contributed by atoms with E-state index in [1.807, 2.05) is 13.4 Å². The Morgan fingerprint density at radius 3 is 2.71 bits per heavy atom. The number of oxime groups is 1. The van der Waals surface area contributed by atoms with E-state index in [4.69, 9.17) is 4.84 Å². The summed E-state index contributed by atoms with van der Waals surface area (Å²) >= 11 is 0. The maximum absolute atomic E-state index is 5.31. The fraction of sp³-hybridized carbons (Fsp3) is 0.529. The Morgan fingerprint density at radius 2 is 2.05 bits per heavy atom. The largest absolute Gasteiger partial charge is 0.396 e. The molecule has 21 heavy (non-hydrogen) atoms. The van der Waals surface area contributed by atoms with Gasteiger partial charge in [-0.15, -0.1) is 0 Å². The van der Waals surface area contributed by atoms with Crippen LogP contribution in [0.15, 0.2) is 22.3 Å². The van der Waals surface area contributed by atoms with Gasteiger partial charge in [-0.25, -0.2) is 4.99 Å². The van der Waals surface area contributed by atoms with Crippen molar-refractivity contribution in [2.75, 3.05) is 20.2 Å². The van der Waals surface area contributed by atoms with Crippen LogP contribution in [0.1, 0.15) is 36.5 Å². The summed E-state index contributed by atoms with van der Waals surface area (Å²) in [6.07, 6.45) is 6.24. The van der Waals surface area contributed by atoms with Gasteiger partial charge >= 0.3 is 0 Å². The average Bonchev–Trinajstić information content (AvgIpc) is 3.28. The van der Waals surface area contributed by atoms with Crippen molar-refractivity contribution in [2.24, 2.45) is 16.1 Å². The van der Waals surface area contributed by atoms with Crippen LogP contribution < -0.4 is 0 Å². The van der Waals surface area contributed by atoms with Gasteiger partial charge in [-0.1, -0.05) is 5.16 Å². The number of hydrogen-bond donors (Lipinski definition) is 0. The molecule has 0 aromatic heterocycles. The van der Waals surface area contributed by atoms with Gasteiger partial charge in [0.1, 0.15) is 6.61 Å². The summed E-state index contributed by atoms with van der Waals surface area (Å²) < 4.78 is 0. The van der Waals surface area contributed by atoms with Crippen LogP contribution in [-0.4, -0.2) is 37.7 Å². The van der Waals surface area contributed by atoms with Crippen molar-refractivity contribution in [3.63, 3.8) is 0 Å². The van der Waals surface area contributed by atoms with Crippen molar-refractivity contribution in [3.8, 4) is 0 Å². The van der Waals surface area contributed by atoms with E-state index in [0.717, 1.165) is 41.4 Å². The molecular weight excluding hydrogens is 262 g/mol. The van der Waals surface area contributed by atoms with Crippen LogP contribution in [0.3, 0.4) is 0 Å². The van der Waals surface area contributed by atoms with Crippen LogP contribution in [0.4, 0.5) is 5.69 Å². The van der Waals surface area contributed by atoms with Crippen LogP contribution >= 0.6 is 0 Å². The molecule has 2 rings (SSSR count). The second-order valence-corrected chi connectivity index (χ2v) is 5.79. The predicted molar refractivity (Wildman–Crippen MR) is 88.6 cm³/mol. The fourth-order valence-electron chi connectivity index (χ4n) is 1.87. The van der Waals surface area contributed by atoms with E-state index >= 15 is 0 Å². The molecular formula is C17H25N3O. The highest BCUT2D eigenvalue weighted by molar-refractivity contribution is 5.83. The molecule has 0 heterocycles. The van der Waals surface area contributed by atoms with E-state index in [9.17, 15) is 0 Å². The number of benzene rings is 1. The molecule has 1 aromatic rings. The van der Waals surface area contributed by atoms with Crippen LogP contribution in [-0.2, 0) is 4.84 Å². The molecule has 1 aromatic carbocycles. The van der Waals surface area contributed by atoms with Crippen LogP contribution in [0, 0.1) is 19.8 Å². The first-order valence-electron chi connectivity index (χ1n) is 7.61. The lowest BCUT2D eigenvalue weighted by Crippen LogP contribution is -2.14. The standard InChI is InChI=1S/C17H25N3O/c1-5-20(4)12-18-17-9-13(2)16(8-14(17)3)10-19-21-11-15-6-7-15/h8-10,12,15H,5-7,11H2,1-4H3. The second kappa shape index (κ2) is 7.25. The Hall–Kier alpha value is -1.84. The predicted octanol–water partition coefficient (Wildman–Crippen LogP) is 3.68. The number of rotatable bonds is 7. The molecule has 0 bridgehead atoms. The monoisotopic (exact) mass is 287 g/mol. The third kappa shape index (κ3) is 4.88. The van der Waals surface area contributed by atoms with Crippen molar-refractivity contribution in [2.45, 2.75) is 33.6 Å². The average molecular weight is 287 g/mol. The van der Waals surface area contributed by atoms with E-state index in [-0.39, 0.29) is 0 Å². The van der Waals surface area contributed by atoms with Crippen LogP contribution in [0.5, 0.6) is 0 Å². The first-order chi connectivity index (χ1) is 10.1. The SMILES string of the molecule is CCN(C)C=Nc1cc(C)c(C=NOCC2CC2)cc1C. The highest BCUT2D eigenvalue weighted by atomic mass is 16.6. The molecule has 1 fully saturated rings. The third-order valence-electron chi connectivity index (χ3n) is 3.75. The topological polar surface area (TPSA) is 37.2 Å². The molecule has 0 unspecified atom stereocenters. The lowest BCUT2D eigenvalue weighted by Gasteiger charge is -2.10. The normalized spacial score (nSPS) is 15.0. The Bertz CT molecular complexity index is 533. The van der Waals surface area contributed by atoms with Crippen LogP contribution in [0.2, 0.25) is 0 Å². The number of hydrogen-bond acceptors (Lipinski definition) is 3. The minimum absolute atomic E-state index is 0.734. The first kappa shape index (κ1) is 15.5. The molecule has 4 heteroatoms.